The molecule has 4 rings (SSSR count). The fraction of sp³-hybridized carbons (Fsp3) is 0.875. The zero-order valence-corrected chi connectivity index (χ0v) is 18.5. The highest BCUT2D eigenvalue weighted by atomic mass is 16.6. The second-order valence-corrected chi connectivity index (χ2v) is 10.4. The number of allylic oxidation sites excluding steroid dienone is 1. The van der Waals surface area contributed by atoms with Gasteiger partial charge in [-0.3, -0.25) is 4.79 Å². The molecule has 0 unspecified atom stereocenters. The molecule has 3 fully saturated rings. The van der Waals surface area contributed by atoms with Gasteiger partial charge in [0.2, 0.25) is 0 Å². The van der Waals surface area contributed by atoms with Crippen LogP contribution < -0.4 is 5.32 Å². The summed E-state index contributed by atoms with van der Waals surface area (Å²) in [5.74, 6) is -0.194. The van der Waals surface area contributed by atoms with Crippen molar-refractivity contribution in [1.82, 2.24) is 5.32 Å². The first-order chi connectivity index (χ1) is 13.8. The van der Waals surface area contributed by atoms with Crippen molar-refractivity contribution in [3.05, 3.63) is 11.6 Å². The normalized spacial score (nSPS) is 44.6. The number of nitrogens with one attached hydrogen (secondary N) is 1. The molecule has 0 amide bonds. The minimum atomic E-state index is -0.923. The van der Waals surface area contributed by atoms with Gasteiger partial charge in [0.05, 0.1) is 17.1 Å². The Kier molecular flexibility index (Phi) is 5.86. The van der Waals surface area contributed by atoms with Crippen molar-refractivity contribution in [2.45, 2.75) is 95.4 Å². The van der Waals surface area contributed by atoms with Crippen molar-refractivity contribution in [3.8, 4) is 0 Å². The number of fused-ring (bicyclic) bond motifs is 2. The molecule has 0 spiro atoms. The lowest BCUT2D eigenvalue weighted by Crippen LogP contribution is -2.69. The number of carbonyl (C=O) groups excluding carboxylic acids is 1. The Balaban J connectivity index is 1.42. The lowest BCUT2D eigenvalue weighted by molar-refractivity contribution is -0.270. The number of hydrogen-bond donors (Lipinski definition) is 2. The minimum absolute atomic E-state index is 0.0644. The summed E-state index contributed by atoms with van der Waals surface area (Å²) in [4.78, 5) is 12.7. The fourth-order valence-electron chi connectivity index (χ4n) is 6.75. The van der Waals surface area contributed by atoms with Crippen LogP contribution >= 0.6 is 0 Å². The number of carbonyl (C=O) groups is 1. The first kappa shape index (κ1) is 21.3. The second-order valence-electron chi connectivity index (χ2n) is 10.4. The third-order valence-corrected chi connectivity index (χ3v) is 8.83. The molecular weight excluding hydrogens is 366 g/mol. The van der Waals surface area contributed by atoms with Crippen LogP contribution in [0.1, 0.15) is 78.1 Å². The van der Waals surface area contributed by atoms with E-state index >= 15 is 0 Å². The van der Waals surface area contributed by atoms with E-state index in [2.05, 4.69) is 18.3 Å². The zero-order chi connectivity index (χ0) is 20.7. The molecule has 0 radical (unpaired) electrons. The molecule has 0 aromatic heterocycles. The van der Waals surface area contributed by atoms with Crippen molar-refractivity contribution in [2.75, 3.05) is 20.2 Å². The highest BCUT2D eigenvalue weighted by Gasteiger charge is 2.67. The molecule has 2 saturated carbocycles. The Labute approximate surface area is 175 Å². The van der Waals surface area contributed by atoms with Crippen LogP contribution in [0.5, 0.6) is 0 Å². The van der Waals surface area contributed by atoms with Gasteiger partial charge in [-0.05, 0) is 77.7 Å². The molecule has 164 valence electrons. The van der Waals surface area contributed by atoms with Crippen LogP contribution in [0.2, 0.25) is 0 Å². The van der Waals surface area contributed by atoms with Gasteiger partial charge in [-0.2, -0.15) is 0 Å². The number of esters is 1. The maximum absolute atomic E-state index is 12.7. The van der Waals surface area contributed by atoms with Crippen LogP contribution in [0.15, 0.2) is 11.6 Å². The first-order valence-electron chi connectivity index (χ1n) is 11.7. The van der Waals surface area contributed by atoms with Crippen molar-refractivity contribution in [2.24, 2.45) is 17.3 Å². The number of hydrogen-bond acceptors (Lipinski definition) is 5. The monoisotopic (exact) mass is 405 g/mol. The Morgan fingerprint density at radius 2 is 2.07 bits per heavy atom. The van der Waals surface area contributed by atoms with Gasteiger partial charge in [-0.1, -0.05) is 18.6 Å². The van der Waals surface area contributed by atoms with E-state index in [1.165, 1.54) is 25.7 Å². The fourth-order valence-corrected chi connectivity index (χ4v) is 6.75. The zero-order valence-electron chi connectivity index (χ0n) is 18.5. The van der Waals surface area contributed by atoms with E-state index in [1.54, 1.807) is 12.7 Å². The summed E-state index contributed by atoms with van der Waals surface area (Å²) in [5.41, 5.74) is -0.209. The van der Waals surface area contributed by atoms with Crippen molar-refractivity contribution >= 4 is 5.97 Å². The summed E-state index contributed by atoms with van der Waals surface area (Å²) in [6.07, 6.45) is 12.6. The van der Waals surface area contributed by atoms with Crippen LogP contribution in [0, 0.1) is 17.3 Å². The average molecular weight is 406 g/mol. The Morgan fingerprint density at radius 1 is 1.24 bits per heavy atom. The minimum Gasteiger partial charge on any atom is -0.462 e. The second kappa shape index (κ2) is 7.97. The number of rotatable bonds is 6. The average Bonchev–Trinajstić information content (AvgIpc) is 2.99. The molecule has 1 aliphatic heterocycles. The highest BCUT2D eigenvalue weighted by molar-refractivity contribution is 5.75. The largest absolute Gasteiger partial charge is 0.462 e. The molecular formula is C24H39NO4. The van der Waals surface area contributed by atoms with E-state index in [9.17, 15) is 9.90 Å². The number of aliphatic hydroxyl groups is 1. The molecule has 2 N–H and O–H groups in total. The van der Waals surface area contributed by atoms with E-state index < -0.39 is 11.2 Å². The maximum atomic E-state index is 12.7. The van der Waals surface area contributed by atoms with E-state index in [1.807, 2.05) is 6.92 Å². The van der Waals surface area contributed by atoms with Crippen LogP contribution in [0.4, 0.5) is 0 Å². The molecule has 0 bridgehead atoms. The first-order valence-corrected chi connectivity index (χ1v) is 11.7. The van der Waals surface area contributed by atoms with Gasteiger partial charge in [0, 0.05) is 25.0 Å². The summed E-state index contributed by atoms with van der Waals surface area (Å²) >= 11 is 0. The molecule has 3 aliphatic carbocycles. The van der Waals surface area contributed by atoms with Gasteiger partial charge >= 0.3 is 5.97 Å². The SMILES string of the molecule is CO[C@@]1(C)CCC[C@@]2(C)C[C@H]3OC(=O)[C@@H](CNCCC4=CCCCC4)[C@@H]3C[C@]21O. The maximum Gasteiger partial charge on any atom is 0.310 e. The lowest BCUT2D eigenvalue weighted by atomic mass is 9.49. The topological polar surface area (TPSA) is 67.8 Å². The predicted molar refractivity (Wildman–Crippen MR) is 112 cm³/mol. The van der Waals surface area contributed by atoms with Crippen LogP contribution in [-0.4, -0.2) is 48.6 Å². The van der Waals surface area contributed by atoms with Crippen LogP contribution in [0.25, 0.3) is 0 Å². The van der Waals surface area contributed by atoms with E-state index in [0.717, 1.165) is 38.6 Å². The molecule has 0 aromatic rings. The number of methoxy groups -OCH3 is 1. The van der Waals surface area contributed by atoms with Crippen LogP contribution in [-0.2, 0) is 14.3 Å². The van der Waals surface area contributed by atoms with Gasteiger partial charge in [0.1, 0.15) is 6.10 Å². The quantitative estimate of drug-likeness (QED) is 0.400. The summed E-state index contributed by atoms with van der Waals surface area (Å²) in [6.45, 7) is 5.76. The molecule has 5 heteroatoms. The Hall–Kier alpha value is -0.910. The summed E-state index contributed by atoms with van der Waals surface area (Å²) in [7, 11) is 1.71. The van der Waals surface area contributed by atoms with Gasteiger partial charge < -0.3 is 19.9 Å². The van der Waals surface area contributed by atoms with Crippen LogP contribution in [0.3, 0.4) is 0 Å². The van der Waals surface area contributed by atoms with E-state index in [0.29, 0.717) is 13.0 Å². The summed E-state index contributed by atoms with van der Waals surface area (Å²) in [6, 6.07) is 0. The standard InChI is InChI=1S/C24H39NO4/c1-22-11-7-12-23(2,28-3)24(22,27)14-18-19(21(26)29-20(18)15-22)16-25-13-10-17-8-5-4-6-9-17/h8,18-20,25,27H,4-7,9-16H2,1-3H3/t18-,19-,20+,22-,23-,24-/m0/s1. The third kappa shape index (κ3) is 3.57. The Morgan fingerprint density at radius 3 is 2.79 bits per heavy atom. The molecule has 1 heterocycles. The number of ether oxygens (including phenoxy) is 2. The molecule has 5 nitrogen and oxygen atoms in total. The summed E-state index contributed by atoms with van der Waals surface area (Å²) in [5, 5.41) is 15.5. The van der Waals surface area contributed by atoms with Gasteiger partial charge in [-0.15, -0.1) is 0 Å². The van der Waals surface area contributed by atoms with E-state index in [4.69, 9.17) is 9.47 Å². The van der Waals surface area contributed by atoms with E-state index in [-0.39, 0.29) is 29.3 Å². The van der Waals surface area contributed by atoms with Gasteiger partial charge in [0.25, 0.3) is 0 Å². The smallest absolute Gasteiger partial charge is 0.310 e. The predicted octanol–water partition coefficient (Wildman–Crippen LogP) is 3.74. The van der Waals surface area contributed by atoms with Crippen molar-refractivity contribution in [1.29, 1.82) is 0 Å². The molecule has 6 atom stereocenters. The molecule has 4 aliphatic rings. The molecule has 0 aromatic carbocycles. The Bertz CT molecular complexity index is 663. The van der Waals surface area contributed by atoms with Crippen molar-refractivity contribution in [3.63, 3.8) is 0 Å². The lowest BCUT2D eigenvalue weighted by Gasteiger charge is -2.62. The van der Waals surface area contributed by atoms with Gasteiger partial charge in [-0.25, -0.2) is 0 Å². The molecule has 1 saturated heterocycles. The summed E-state index contributed by atoms with van der Waals surface area (Å²) < 4.78 is 11.7. The highest BCUT2D eigenvalue weighted by Crippen LogP contribution is 2.61. The van der Waals surface area contributed by atoms with Gasteiger partial charge in [0.15, 0.2) is 0 Å². The third-order valence-electron chi connectivity index (χ3n) is 8.83. The van der Waals surface area contributed by atoms with Crippen molar-refractivity contribution < 1.29 is 19.4 Å². The molecule has 29 heavy (non-hydrogen) atoms.